The first-order valence-corrected chi connectivity index (χ1v) is 10.1. The summed E-state index contributed by atoms with van der Waals surface area (Å²) in [6.45, 7) is 8.63. The van der Waals surface area contributed by atoms with Crippen molar-refractivity contribution in [1.82, 2.24) is 15.1 Å². The Labute approximate surface area is 181 Å². The predicted octanol–water partition coefficient (Wildman–Crippen LogP) is 3.60. The maximum Gasteiger partial charge on any atom is 0.193 e. The summed E-state index contributed by atoms with van der Waals surface area (Å²) in [5.74, 6) is 2.00. The van der Waals surface area contributed by atoms with Crippen molar-refractivity contribution in [1.29, 1.82) is 0 Å². The lowest BCUT2D eigenvalue weighted by Gasteiger charge is -2.35. The first-order valence-electron chi connectivity index (χ1n) is 10.1. The van der Waals surface area contributed by atoms with Gasteiger partial charge in [0.15, 0.2) is 5.96 Å². The second-order valence-electron chi connectivity index (χ2n) is 7.65. The zero-order chi connectivity index (χ0) is 18.4. The van der Waals surface area contributed by atoms with Crippen LogP contribution in [0.4, 0.5) is 0 Å². The minimum atomic E-state index is 0. The Morgan fingerprint density at radius 3 is 2.41 bits per heavy atom. The standard InChI is InChI=1S/C21H34N4O.HI/c1-17(2)25(18-9-10-18)16-13-23-21(22-3)24-14-11-20(12-15-24)26-19-7-5-4-6-8-19;/h4-8,17-18,20H,9-16H2,1-3H3,(H,22,23);1H. The van der Waals surface area contributed by atoms with E-state index in [1.807, 2.05) is 37.4 Å². The van der Waals surface area contributed by atoms with Gasteiger partial charge in [-0.1, -0.05) is 18.2 Å². The van der Waals surface area contributed by atoms with Gasteiger partial charge < -0.3 is 15.0 Å². The van der Waals surface area contributed by atoms with Crippen molar-refractivity contribution in [3.05, 3.63) is 30.3 Å². The highest BCUT2D eigenvalue weighted by atomic mass is 127. The molecule has 1 N–H and O–H groups in total. The topological polar surface area (TPSA) is 40.1 Å². The number of benzene rings is 1. The van der Waals surface area contributed by atoms with Crippen LogP contribution in [0.3, 0.4) is 0 Å². The third kappa shape index (κ3) is 6.82. The molecule has 6 heteroatoms. The molecular weight excluding hydrogens is 451 g/mol. The van der Waals surface area contributed by atoms with Crippen LogP contribution in [0.15, 0.2) is 35.3 Å². The number of hydrogen-bond acceptors (Lipinski definition) is 3. The van der Waals surface area contributed by atoms with E-state index in [0.717, 1.165) is 56.8 Å². The van der Waals surface area contributed by atoms with Crippen molar-refractivity contribution in [2.75, 3.05) is 33.2 Å². The van der Waals surface area contributed by atoms with E-state index in [1.54, 1.807) is 0 Å². The zero-order valence-corrected chi connectivity index (χ0v) is 19.3. The smallest absolute Gasteiger partial charge is 0.193 e. The number of aliphatic imine (C=N–C) groups is 1. The minimum Gasteiger partial charge on any atom is -0.490 e. The lowest BCUT2D eigenvalue weighted by Crippen LogP contribution is -2.49. The number of ether oxygens (including phenoxy) is 1. The van der Waals surface area contributed by atoms with Gasteiger partial charge in [0, 0.05) is 58.2 Å². The summed E-state index contributed by atoms with van der Waals surface area (Å²) in [5.41, 5.74) is 0. The molecule has 1 aromatic rings. The first kappa shape index (κ1) is 22.3. The van der Waals surface area contributed by atoms with Crippen molar-refractivity contribution in [2.45, 2.75) is 57.7 Å². The molecule has 0 amide bonds. The molecular formula is C21H35IN4O. The Bertz CT molecular complexity index is 567. The van der Waals surface area contributed by atoms with E-state index in [0.29, 0.717) is 12.1 Å². The fourth-order valence-corrected chi connectivity index (χ4v) is 3.77. The van der Waals surface area contributed by atoms with Gasteiger partial charge in [-0.2, -0.15) is 0 Å². The van der Waals surface area contributed by atoms with E-state index in [-0.39, 0.29) is 24.0 Å². The molecule has 0 aromatic heterocycles. The van der Waals surface area contributed by atoms with Gasteiger partial charge in [0.1, 0.15) is 11.9 Å². The highest BCUT2D eigenvalue weighted by molar-refractivity contribution is 14.0. The normalized spacial score (nSPS) is 18.6. The maximum atomic E-state index is 6.10. The van der Waals surface area contributed by atoms with Gasteiger partial charge in [-0.15, -0.1) is 24.0 Å². The highest BCUT2D eigenvalue weighted by Gasteiger charge is 2.30. The summed E-state index contributed by atoms with van der Waals surface area (Å²) in [6.07, 6.45) is 5.10. The van der Waals surface area contributed by atoms with Crippen LogP contribution in [0, 0.1) is 0 Å². The molecule has 1 saturated carbocycles. The van der Waals surface area contributed by atoms with Gasteiger partial charge in [-0.25, -0.2) is 0 Å². The van der Waals surface area contributed by atoms with Crippen LogP contribution < -0.4 is 10.1 Å². The first-order chi connectivity index (χ1) is 12.7. The summed E-state index contributed by atoms with van der Waals surface area (Å²) in [7, 11) is 1.88. The Hall–Kier alpha value is -1.02. The highest BCUT2D eigenvalue weighted by Crippen LogP contribution is 2.28. The fourth-order valence-electron chi connectivity index (χ4n) is 3.77. The van der Waals surface area contributed by atoms with Crippen molar-refractivity contribution >= 4 is 29.9 Å². The van der Waals surface area contributed by atoms with Crippen molar-refractivity contribution in [3.8, 4) is 5.75 Å². The number of hydrogen-bond donors (Lipinski definition) is 1. The monoisotopic (exact) mass is 486 g/mol. The summed E-state index contributed by atoms with van der Waals surface area (Å²) in [4.78, 5) is 9.47. The molecule has 0 radical (unpaired) electrons. The molecule has 1 aliphatic carbocycles. The van der Waals surface area contributed by atoms with Gasteiger partial charge in [0.2, 0.25) is 0 Å². The van der Waals surface area contributed by atoms with Crippen molar-refractivity contribution in [2.24, 2.45) is 4.99 Å². The largest absolute Gasteiger partial charge is 0.490 e. The van der Waals surface area contributed by atoms with Crippen LogP contribution in [0.5, 0.6) is 5.75 Å². The third-order valence-electron chi connectivity index (χ3n) is 5.33. The molecule has 152 valence electrons. The molecule has 1 saturated heterocycles. The van der Waals surface area contributed by atoms with Gasteiger partial charge in [0.25, 0.3) is 0 Å². The number of likely N-dealkylation sites (tertiary alicyclic amines) is 1. The number of para-hydroxylation sites is 1. The van der Waals surface area contributed by atoms with E-state index in [1.165, 1.54) is 12.8 Å². The average molecular weight is 486 g/mol. The Morgan fingerprint density at radius 1 is 1.19 bits per heavy atom. The van der Waals surface area contributed by atoms with E-state index in [4.69, 9.17) is 4.74 Å². The number of nitrogens with one attached hydrogen (secondary N) is 1. The third-order valence-corrected chi connectivity index (χ3v) is 5.33. The molecule has 1 aromatic carbocycles. The van der Waals surface area contributed by atoms with Gasteiger partial charge in [-0.3, -0.25) is 9.89 Å². The summed E-state index contributed by atoms with van der Waals surface area (Å²) in [5, 5.41) is 3.57. The predicted molar refractivity (Wildman–Crippen MR) is 123 cm³/mol. The van der Waals surface area contributed by atoms with Gasteiger partial charge in [0.05, 0.1) is 0 Å². The zero-order valence-electron chi connectivity index (χ0n) is 16.9. The summed E-state index contributed by atoms with van der Waals surface area (Å²) >= 11 is 0. The van der Waals surface area contributed by atoms with Crippen molar-refractivity contribution in [3.63, 3.8) is 0 Å². The van der Waals surface area contributed by atoms with Crippen LogP contribution >= 0.6 is 24.0 Å². The second-order valence-corrected chi connectivity index (χ2v) is 7.65. The molecule has 0 spiro atoms. The lowest BCUT2D eigenvalue weighted by atomic mass is 10.1. The molecule has 27 heavy (non-hydrogen) atoms. The molecule has 0 unspecified atom stereocenters. The Balaban J connectivity index is 0.00000261. The molecule has 1 aliphatic heterocycles. The number of nitrogens with zero attached hydrogens (tertiary/aromatic N) is 3. The Morgan fingerprint density at radius 2 is 1.85 bits per heavy atom. The van der Waals surface area contributed by atoms with Crippen molar-refractivity contribution < 1.29 is 4.74 Å². The molecule has 0 bridgehead atoms. The van der Waals surface area contributed by atoms with Crippen LogP contribution in [0.2, 0.25) is 0 Å². The van der Waals surface area contributed by atoms with E-state index < -0.39 is 0 Å². The number of guanidine groups is 1. The average Bonchev–Trinajstić information content (AvgIpc) is 3.48. The quantitative estimate of drug-likeness (QED) is 0.363. The van der Waals surface area contributed by atoms with E-state index >= 15 is 0 Å². The molecule has 3 rings (SSSR count). The van der Waals surface area contributed by atoms with Crippen LogP contribution in [-0.2, 0) is 0 Å². The molecule has 5 nitrogen and oxygen atoms in total. The second kappa shape index (κ2) is 11.1. The molecule has 2 aliphatic rings. The molecule has 2 fully saturated rings. The molecule has 1 heterocycles. The van der Waals surface area contributed by atoms with E-state index in [2.05, 4.69) is 34.0 Å². The lowest BCUT2D eigenvalue weighted by molar-refractivity contribution is 0.129. The van der Waals surface area contributed by atoms with Crippen LogP contribution in [-0.4, -0.2) is 67.2 Å². The van der Waals surface area contributed by atoms with Crippen LogP contribution in [0.25, 0.3) is 0 Å². The number of halogens is 1. The van der Waals surface area contributed by atoms with Crippen LogP contribution in [0.1, 0.15) is 39.5 Å². The maximum absolute atomic E-state index is 6.10. The summed E-state index contributed by atoms with van der Waals surface area (Å²) in [6, 6.07) is 11.6. The summed E-state index contributed by atoms with van der Waals surface area (Å²) < 4.78 is 6.10. The Kier molecular flexibility index (Phi) is 9.15. The van der Waals surface area contributed by atoms with Gasteiger partial charge >= 0.3 is 0 Å². The van der Waals surface area contributed by atoms with Gasteiger partial charge in [-0.05, 0) is 38.8 Å². The van der Waals surface area contributed by atoms with E-state index in [9.17, 15) is 0 Å². The number of piperidine rings is 1. The fraction of sp³-hybridized carbons (Fsp3) is 0.667. The SMILES string of the molecule is CN=C(NCCN(C(C)C)C1CC1)N1CCC(Oc2ccccc2)CC1.I. The minimum absolute atomic E-state index is 0. The number of rotatable bonds is 7. The molecule has 0 atom stereocenters.